The Morgan fingerprint density at radius 2 is 1.86 bits per heavy atom. The van der Waals surface area contributed by atoms with E-state index in [1.54, 1.807) is 30.0 Å². The minimum absolute atomic E-state index is 0.000110. The van der Waals surface area contributed by atoms with Crippen LogP contribution in [0, 0.1) is 6.92 Å². The van der Waals surface area contributed by atoms with Crippen molar-refractivity contribution in [2.45, 2.75) is 18.7 Å². The maximum atomic E-state index is 13.3. The lowest BCUT2D eigenvalue weighted by molar-refractivity contribution is 0.699. The van der Waals surface area contributed by atoms with E-state index in [1.807, 2.05) is 49.0 Å². The van der Waals surface area contributed by atoms with E-state index in [-0.39, 0.29) is 16.5 Å². The van der Waals surface area contributed by atoms with Gasteiger partial charge in [0.2, 0.25) is 0 Å². The highest BCUT2D eigenvalue weighted by Gasteiger charge is 2.33. The van der Waals surface area contributed by atoms with Crippen molar-refractivity contribution in [2.75, 3.05) is 5.75 Å². The maximum absolute atomic E-state index is 13.3. The number of benzene rings is 1. The average molecular weight is 425 g/mol. The Labute approximate surface area is 175 Å². The molecule has 1 aromatic carbocycles. The first kappa shape index (κ1) is 18.4. The average Bonchev–Trinajstić information content (AvgIpc) is 3.32. The van der Waals surface area contributed by atoms with Gasteiger partial charge in [-0.15, -0.1) is 23.1 Å². The molecule has 1 aliphatic rings. The van der Waals surface area contributed by atoms with Gasteiger partial charge in [0.25, 0.3) is 5.56 Å². The van der Waals surface area contributed by atoms with Crippen LogP contribution in [0.4, 0.5) is 0 Å². The molecule has 1 atom stereocenters. The van der Waals surface area contributed by atoms with Gasteiger partial charge in [0.05, 0.1) is 27.5 Å². The third-order valence-corrected chi connectivity index (χ3v) is 7.84. The Kier molecular flexibility index (Phi) is 4.29. The molecule has 5 rings (SSSR count). The number of thiazole rings is 1. The standard InChI is InChI=1S/C21H20N4O2S2/c1-12-11-29-19(22-12)18-17-16-14(20(26)24(3)21(27)23(16)2)15(25(17)9-10-28-18)13-7-5-4-6-8-13/h4-8,11,18H,9-10H2,1-3H3. The highest BCUT2D eigenvalue weighted by molar-refractivity contribution is 7.99. The molecule has 6 nitrogen and oxygen atoms in total. The predicted octanol–water partition coefficient (Wildman–Crippen LogP) is 3.31. The third kappa shape index (κ3) is 2.66. The molecule has 0 spiro atoms. The Morgan fingerprint density at radius 1 is 1.10 bits per heavy atom. The second-order valence-electron chi connectivity index (χ2n) is 7.26. The molecular formula is C21H20N4O2S2. The van der Waals surface area contributed by atoms with Gasteiger partial charge in [-0.25, -0.2) is 9.78 Å². The number of aryl methyl sites for hydroxylation is 2. The van der Waals surface area contributed by atoms with E-state index in [0.29, 0.717) is 5.39 Å². The third-order valence-electron chi connectivity index (χ3n) is 5.46. The molecule has 0 aliphatic carbocycles. The summed E-state index contributed by atoms with van der Waals surface area (Å²) >= 11 is 3.46. The molecule has 0 fully saturated rings. The number of fused-ring (bicyclic) bond motifs is 3. The van der Waals surface area contributed by atoms with Crippen LogP contribution in [0.1, 0.15) is 21.6 Å². The Hall–Kier alpha value is -2.58. The molecular weight excluding hydrogens is 404 g/mol. The summed E-state index contributed by atoms with van der Waals surface area (Å²) in [5.74, 6) is 0.922. The normalized spacial score (nSPS) is 16.3. The molecule has 1 unspecified atom stereocenters. The molecule has 8 heteroatoms. The molecule has 3 aromatic heterocycles. The van der Waals surface area contributed by atoms with Crippen molar-refractivity contribution < 1.29 is 0 Å². The van der Waals surface area contributed by atoms with Crippen molar-refractivity contribution >= 4 is 34.0 Å². The van der Waals surface area contributed by atoms with E-state index in [1.165, 1.54) is 4.57 Å². The van der Waals surface area contributed by atoms with E-state index in [0.717, 1.165) is 45.5 Å². The van der Waals surface area contributed by atoms with Crippen molar-refractivity contribution in [1.82, 2.24) is 18.7 Å². The number of hydrogen-bond donors (Lipinski definition) is 0. The zero-order valence-electron chi connectivity index (χ0n) is 16.4. The Bertz CT molecular complexity index is 1360. The molecule has 0 saturated heterocycles. The van der Waals surface area contributed by atoms with Gasteiger partial charge in [0.1, 0.15) is 5.01 Å². The number of hydrogen-bond acceptors (Lipinski definition) is 5. The second-order valence-corrected chi connectivity index (χ2v) is 9.36. The zero-order valence-corrected chi connectivity index (χ0v) is 18.0. The summed E-state index contributed by atoms with van der Waals surface area (Å²) in [6, 6.07) is 9.98. The van der Waals surface area contributed by atoms with Crippen LogP contribution < -0.4 is 11.2 Å². The first-order valence-corrected chi connectivity index (χ1v) is 11.3. The van der Waals surface area contributed by atoms with Crippen LogP contribution in [-0.2, 0) is 20.6 Å². The van der Waals surface area contributed by atoms with Crippen LogP contribution in [0.2, 0.25) is 0 Å². The molecule has 29 heavy (non-hydrogen) atoms. The van der Waals surface area contributed by atoms with Crippen molar-refractivity contribution in [2.24, 2.45) is 14.1 Å². The van der Waals surface area contributed by atoms with Crippen LogP contribution in [-0.4, -0.2) is 24.4 Å². The molecule has 0 radical (unpaired) electrons. The van der Waals surface area contributed by atoms with Gasteiger partial charge in [-0.1, -0.05) is 30.3 Å². The second kappa shape index (κ2) is 6.74. The maximum Gasteiger partial charge on any atom is 0.331 e. The number of nitrogens with zero attached hydrogens (tertiary/aromatic N) is 4. The summed E-state index contributed by atoms with van der Waals surface area (Å²) in [5, 5.41) is 3.67. The van der Waals surface area contributed by atoms with Gasteiger partial charge in [-0.05, 0) is 12.5 Å². The molecule has 1 aliphatic heterocycles. The highest BCUT2D eigenvalue weighted by Crippen LogP contribution is 2.46. The van der Waals surface area contributed by atoms with Crippen molar-refractivity contribution in [3.8, 4) is 11.3 Å². The van der Waals surface area contributed by atoms with E-state index < -0.39 is 0 Å². The molecule has 0 saturated carbocycles. The van der Waals surface area contributed by atoms with Crippen LogP contribution in [0.5, 0.6) is 0 Å². The smallest absolute Gasteiger partial charge is 0.331 e. The van der Waals surface area contributed by atoms with Crippen molar-refractivity contribution in [3.05, 3.63) is 72.9 Å². The first-order chi connectivity index (χ1) is 14.0. The minimum atomic E-state index is -0.305. The van der Waals surface area contributed by atoms with Crippen molar-refractivity contribution in [1.29, 1.82) is 0 Å². The summed E-state index contributed by atoms with van der Waals surface area (Å²) in [6.07, 6.45) is 0. The highest BCUT2D eigenvalue weighted by atomic mass is 32.2. The topological polar surface area (TPSA) is 61.8 Å². The molecule has 0 N–H and O–H groups in total. The molecule has 4 aromatic rings. The lowest BCUT2D eigenvalue weighted by Crippen LogP contribution is -2.37. The molecule has 0 amide bonds. The van der Waals surface area contributed by atoms with Crippen LogP contribution >= 0.6 is 23.1 Å². The van der Waals surface area contributed by atoms with Gasteiger partial charge < -0.3 is 4.57 Å². The fourth-order valence-electron chi connectivity index (χ4n) is 4.16. The van der Waals surface area contributed by atoms with Gasteiger partial charge in [-0.3, -0.25) is 13.9 Å². The summed E-state index contributed by atoms with van der Waals surface area (Å²) in [4.78, 5) is 30.8. The predicted molar refractivity (Wildman–Crippen MR) is 119 cm³/mol. The van der Waals surface area contributed by atoms with E-state index in [4.69, 9.17) is 4.98 Å². The summed E-state index contributed by atoms with van der Waals surface area (Å²) in [5.41, 5.74) is 4.05. The van der Waals surface area contributed by atoms with Crippen LogP contribution in [0.3, 0.4) is 0 Å². The quantitative estimate of drug-likeness (QED) is 0.495. The summed E-state index contributed by atoms with van der Waals surface area (Å²) < 4.78 is 5.06. The molecule has 4 heterocycles. The van der Waals surface area contributed by atoms with Crippen molar-refractivity contribution in [3.63, 3.8) is 0 Å². The lowest BCUT2D eigenvalue weighted by Gasteiger charge is -2.25. The summed E-state index contributed by atoms with van der Waals surface area (Å²) in [6.45, 7) is 2.78. The lowest BCUT2D eigenvalue weighted by atomic mass is 10.1. The number of rotatable bonds is 2. The fourth-order valence-corrected chi connectivity index (χ4v) is 6.42. The van der Waals surface area contributed by atoms with E-state index in [9.17, 15) is 9.59 Å². The van der Waals surface area contributed by atoms with Gasteiger partial charge >= 0.3 is 5.69 Å². The largest absolute Gasteiger partial charge is 0.340 e. The van der Waals surface area contributed by atoms with Crippen LogP contribution in [0.25, 0.3) is 22.2 Å². The molecule has 0 bridgehead atoms. The zero-order chi connectivity index (χ0) is 20.3. The monoisotopic (exact) mass is 424 g/mol. The number of thioether (sulfide) groups is 1. The SMILES string of the molecule is Cc1csc(C2SCCn3c(-c4ccccc4)c4c(=O)n(C)c(=O)n(C)c4c32)n1. The van der Waals surface area contributed by atoms with E-state index >= 15 is 0 Å². The Balaban J connectivity index is 1.97. The van der Waals surface area contributed by atoms with Gasteiger partial charge in [0, 0.05) is 37.5 Å². The Morgan fingerprint density at radius 3 is 2.55 bits per heavy atom. The molecule has 148 valence electrons. The first-order valence-electron chi connectivity index (χ1n) is 9.40. The number of aromatic nitrogens is 4. The fraction of sp³-hybridized carbons (Fsp3) is 0.286. The van der Waals surface area contributed by atoms with Gasteiger partial charge in [0.15, 0.2) is 0 Å². The van der Waals surface area contributed by atoms with Crippen LogP contribution in [0.15, 0.2) is 45.3 Å². The minimum Gasteiger partial charge on any atom is -0.340 e. The van der Waals surface area contributed by atoms with E-state index in [2.05, 4.69) is 9.95 Å². The summed E-state index contributed by atoms with van der Waals surface area (Å²) in [7, 11) is 3.30. The van der Waals surface area contributed by atoms with Gasteiger partial charge in [-0.2, -0.15) is 0 Å².